The van der Waals surface area contributed by atoms with E-state index in [4.69, 9.17) is 10.5 Å². The molecule has 3 rings (SSSR count). The molecule has 30 heavy (non-hydrogen) atoms. The molecule has 0 spiro atoms. The van der Waals surface area contributed by atoms with Crippen molar-refractivity contribution >= 4 is 27.8 Å². The molecule has 3 aromatic rings. The Kier molecular flexibility index (Phi) is 6.04. The summed E-state index contributed by atoms with van der Waals surface area (Å²) in [6, 6.07) is 11.2. The number of aromatic nitrogens is 1. The molecule has 0 aliphatic carbocycles. The van der Waals surface area contributed by atoms with Crippen LogP contribution in [0.2, 0.25) is 0 Å². The number of pyridine rings is 1. The quantitative estimate of drug-likeness (QED) is 0.558. The van der Waals surface area contributed by atoms with Crippen molar-refractivity contribution in [3.05, 3.63) is 64.8 Å². The van der Waals surface area contributed by atoms with Gasteiger partial charge in [0.25, 0.3) is 5.56 Å². The number of aryl methyl sites for hydroxylation is 1. The maximum atomic E-state index is 14.4. The van der Waals surface area contributed by atoms with E-state index in [9.17, 15) is 22.7 Å². The number of nitrogens with two attached hydrogens (primary N) is 1. The highest BCUT2D eigenvalue weighted by atomic mass is 32.2. The maximum absolute atomic E-state index is 14.4. The van der Waals surface area contributed by atoms with Crippen molar-refractivity contribution in [2.24, 2.45) is 5.73 Å². The number of primary amides is 1. The molecule has 0 bridgehead atoms. The van der Waals surface area contributed by atoms with Crippen LogP contribution in [0, 0.1) is 5.82 Å². The van der Waals surface area contributed by atoms with Gasteiger partial charge in [0.1, 0.15) is 16.3 Å². The lowest BCUT2D eigenvalue weighted by molar-refractivity contribution is -0.120. The molecule has 1 aromatic heterocycles. The monoisotopic (exact) mass is 432 g/mol. The third kappa shape index (κ3) is 3.99. The molecule has 9 heteroatoms. The number of amides is 1. The molecule has 3 N–H and O–H groups in total. The molecule has 1 heterocycles. The van der Waals surface area contributed by atoms with E-state index in [1.165, 1.54) is 30.9 Å². The fourth-order valence-corrected chi connectivity index (χ4v) is 3.56. The van der Waals surface area contributed by atoms with Crippen LogP contribution in [0.25, 0.3) is 21.9 Å². The van der Waals surface area contributed by atoms with Gasteiger partial charge in [-0.25, -0.2) is 8.60 Å². The highest BCUT2D eigenvalue weighted by molar-refractivity contribution is 7.81. The van der Waals surface area contributed by atoms with Crippen molar-refractivity contribution in [2.75, 3.05) is 7.11 Å². The first-order valence-corrected chi connectivity index (χ1v) is 10.2. The third-order valence-corrected chi connectivity index (χ3v) is 6.38. The molecule has 0 aliphatic rings. The first kappa shape index (κ1) is 21.7. The van der Waals surface area contributed by atoms with Crippen LogP contribution in [0.5, 0.6) is 5.75 Å². The largest absolute Gasteiger partial charge is 0.497 e. The van der Waals surface area contributed by atoms with E-state index in [1.807, 2.05) is 0 Å². The maximum Gasteiger partial charge on any atom is 0.258 e. The van der Waals surface area contributed by atoms with Gasteiger partial charge in [-0.2, -0.15) is 0 Å². The Morgan fingerprint density at radius 3 is 2.60 bits per heavy atom. The van der Waals surface area contributed by atoms with Crippen LogP contribution in [-0.2, 0) is 22.4 Å². The van der Waals surface area contributed by atoms with Crippen LogP contribution in [0.1, 0.15) is 13.3 Å². The summed E-state index contributed by atoms with van der Waals surface area (Å²) in [7, 11) is 1.46. The highest BCUT2D eigenvalue weighted by Gasteiger charge is 2.37. The van der Waals surface area contributed by atoms with E-state index >= 15 is 0 Å². The van der Waals surface area contributed by atoms with E-state index in [0.717, 1.165) is 0 Å². The number of hydrogen-bond acceptors (Lipinski definition) is 4. The lowest BCUT2D eigenvalue weighted by Crippen LogP contribution is -2.45. The summed E-state index contributed by atoms with van der Waals surface area (Å²) in [5.74, 6) is -0.945. The van der Waals surface area contributed by atoms with E-state index in [-0.39, 0.29) is 18.5 Å². The zero-order valence-electron chi connectivity index (χ0n) is 16.4. The van der Waals surface area contributed by atoms with Gasteiger partial charge in [0.15, 0.2) is 11.1 Å². The van der Waals surface area contributed by atoms with Crippen LogP contribution in [0.4, 0.5) is 4.39 Å². The molecule has 0 radical (unpaired) electrons. The van der Waals surface area contributed by atoms with Gasteiger partial charge in [-0.1, -0.05) is 6.07 Å². The van der Waals surface area contributed by atoms with Gasteiger partial charge in [0.05, 0.1) is 7.11 Å². The van der Waals surface area contributed by atoms with E-state index in [0.29, 0.717) is 27.6 Å². The minimum absolute atomic E-state index is 0.0371. The van der Waals surface area contributed by atoms with Crippen LogP contribution in [0.3, 0.4) is 0 Å². The second kappa shape index (κ2) is 8.37. The van der Waals surface area contributed by atoms with Gasteiger partial charge >= 0.3 is 0 Å². The molecule has 1 amide bonds. The number of benzene rings is 2. The minimum atomic E-state index is -2.47. The number of methoxy groups -OCH3 is 1. The Morgan fingerprint density at radius 1 is 1.27 bits per heavy atom. The van der Waals surface area contributed by atoms with Crippen molar-refractivity contribution < 1.29 is 22.7 Å². The zero-order chi connectivity index (χ0) is 22.1. The standard InChI is InChI=1S/C21H21FN2O5S/c1-21(20(23)26,30(27)28)8-10-24-9-7-14-11-13(3-5-17(14)19(24)25)16-6-4-15(29-2)12-18(16)22/h3-7,9,11-12H,8,10H2,1-2H3,(H2,23,26)(H,27,28). The van der Waals surface area contributed by atoms with Crippen molar-refractivity contribution in [3.63, 3.8) is 0 Å². The van der Waals surface area contributed by atoms with Gasteiger partial charge in [-0.3, -0.25) is 9.59 Å². The number of carbonyl (C=O) groups is 1. The fourth-order valence-electron chi connectivity index (χ4n) is 3.12. The van der Waals surface area contributed by atoms with Crippen LogP contribution < -0.4 is 16.0 Å². The number of ether oxygens (including phenoxy) is 1. The minimum Gasteiger partial charge on any atom is -0.497 e. The van der Waals surface area contributed by atoms with Crippen LogP contribution in [0.15, 0.2) is 53.5 Å². The Balaban J connectivity index is 1.95. The summed E-state index contributed by atoms with van der Waals surface area (Å²) < 4.78 is 40.0. The predicted molar refractivity (Wildman–Crippen MR) is 113 cm³/mol. The van der Waals surface area contributed by atoms with Crippen molar-refractivity contribution in [1.82, 2.24) is 4.57 Å². The van der Waals surface area contributed by atoms with Gasteiger partial charge in [-0.15, -0.1) is 0 Å². The SMILES string of the molecule is COc1ccc(-c2ccc3c(=O)n(CCC(C)(C(N)=O)S(=O)O)ccc3c2)c(F)c1. The first-order valence-electron chi connectivity index (χ1n) is 9.05. The summed E-state index contributed by atoms with van der Waals surface area (Å²) in [4.78, 5) is 24.4. The topological polar surface area (TPSA) is 112 Å². The Morgan fingerprint density at radius 2 is 2.00 bits per heavy atom. The number of nitrogens with zero attached hydrogens (tertiary/aromatic N) is 1. The lowest BCUT2D eigenvalue weighted by Gasteiger charge is -2.22. The molecule has 158 valence electrons. The molecule has 2 atom stereocenters. The average molecular weight is 432 g/mol. The summed E-state index contributed by atoms with van der Waals surface area (Å²) in [5.41, 5.74) is 5.91. The fraction of sp³-hybridized carbons (Fsp3) is 0.238. The summed E-state index contributed by atoms with van der Waals surface area (Å²) >= 11 is -2.47. The van der Waals surface area contributed by atoms with Crippen molar-refractivity contribution in [1.29, 1.82) is 0 Å². The average Bonchev–Trinajstić information content (AvgIpc) is 2.72. The van der Waals surface area contributed by atoms with Gasteiger partial charge in [-0.05, 0) is 54.6 Å². The molecule has 0 saturated carbocycles. The number of halogens is 1. The zero-order valence-corrected chi connectivity index (χ0v) is 17.2. The molecule has 2 aromatic carbocycles. The second-order valence-corrected chi connectivity index (χ2v) is 8.46. The molecule has 7 nitrogen and oxygen atoms in total. The van der Waals surface area contributed by atoms with Crippen LogP contribution >= 0.6 is 0 Å². The molecule has 0 aliphatic heterocycles. The van der Waals surface area contributed by atoms with E-state index in [2.05, 4.69) is 0 Å². The number of carbonyl (C=O) groups excluding carboxylic acids is 1. The van der Waals surface area contributed by atoms with Gasteiger partial charge in [0, 0.05) is 29.8 Å². The smallest absolute Gasteiger partial charge is 0.258 e. The second-order valence-electron chi connectivity index (χ2n) is 7.06. The first-order chi connectivity index (χ1) is 14.2. The van der Waals surface area contributed by atoms with Gasteiger partial charge < -0.3 is 19.6 Å². The van der Waals surface area contributed by atoms with Gasteiger partial charge in [0.2, 0.25) is 5.91 Å². The summed E-state index contributed by atoms with van der Waals surface area (Å²) in [5, 5.41) is 1.02. The lowest BCUT2D eigenvalue weighted by atomic mass is 10.0. The molecule has 0 fully saturated rings. The van der Waals surface area contributed by atoms with Crippen molar-refractivity contribution in [2.45, 2.75) is 24.6 Å². The molecule has 2 unspecified atom stereocenters. The van der Waals surface area contributed by atoms with Crippen LogP contribution in [-0.4, -0.2) is 31.1 Å². The third-order valence-electron chi connectivity index (χ3n) is 5.20. The normalized spacial score (nSPS) is 14.3. The summed E-state index contributed by atoms with van der Waals surface area (Å²) in [6.07, 6.45) is 1.45. The Hall–Kier alpha value is -3.04. The highest BCUT2D eigenvalue weighted by Crippen LogP contribution is 2.28. The van der Waals surface area contributed by atoms with Crippen molar-refractivity contribution in [3.8, 4) is 16.9 Å². The number of hydrogen-bond donors (Lipinski definition) is 2. The Bertz CT molecular complexity index is 1190. The molecular weight excluding hydrogens is 411 g/mol. The predicted octanol–water partition coefficient (Wildman–Crippen LogP) is 2.67. The Labute approximate surface area is 174 Å². The molecule has 0 saturated heterocycles. The van der Waals surface area contributed by atoms with E-state index < -0.39 is 27.6 Å². The summed E-state index contributed by atoms with van der Waals surface area (Å²) in [6.45, 7) is 1.32. The number of rotatable bonds is 7. The molecular formula is C21H21FN2O5S. The van der Waals surface area contributed by atoms with E-state index in [1.54, 1.807) is 36.4 Å². The number of fused-ring (bicyclic) bond motifs is 1.